The molecule has 0 aliphatic heterocycles. The highest BCUT2D eigenvalue weighted by Crippen LogP contribution is 2.28. The molecule has 0 fully saturated rings. The molecular formula is C26H24N4O4S. The smallest absolute Gasteiger partial charge is 0.342 e. The number of thiophene rings is 1. The maximum Gasteiger partial charge on any atom is 0.342 e. The van der Waals surface area contributed by atoms with Gasteiger partial charge in [0, 0.05) is 11.9 Å². The number of hydrogen-bond acceptors (Lipinski definition) is 6. The van der Waals surface area contributed by atoms with E-state index in [-0.39, 0.29) is 18.0 Å². The molecule has 0 radical (unpaired) electrons. The van der Waals surface area contributed by atoms with Gasteiger partial charge >= 0.3 is 5.97 Å². The van der Waals surface area contributed by atoms with Gasteiger partial charge in [0.25, 0.3) is 5.91 Å². The van der Waals surface area contributed by atoms with Crippen molar-refractivity contribution in [2.75, 3.05) is 18.5 Å². The molecule has 2 aromatic carbocycles. The zero-order valence-electron chi connectivity index (χ0n) is 19.3. The fraction of sp³-hybridized carbons (Fsp3) is 0.154. The maximum absolute atomic E-state index is 12.8. The summed E-state index contributed by atoms with van der Waals surface area (Å²) in [5, 5.41) is 11.7. The van der Waals surface area contributed by atoms with Crippen molar-refractivity contribution < 1.29 is 19.1 Å². The van der Waals surface area contributed by atoms with Crippen LogP contribution in [0.4, 0.5) is 5.69 Å². The summed E-state index contributed by atoms with van der Waals surface area (Å²) in [6.45, 7) is 3.11. The molecule has 0 atom stereocenters. The van der Waals surface area contributed by atoms with Crippen LogP contribution in [0.1, 0.15) is 21.5 Å². The molecule has 0 spiro atoms. The Kier molecular flexibility index (Phi) is 7.37. The van der Waals surface area contributed by atoms with E-state index >= 15 is 0 Å². The Morgan fingerprint density at radius 3 is 2.51 bits per heavy atom. The summed E-state index contributed by atoms with van der Waals surface area (Å²) in [6.07, 6.45) is 1.59. The van der Waals surface area contributed by atoms with Crippen molar-refractivity contribution in [3.8, 4) is 16.3 Å². The molecule has 8 nitrogen and oxygen atoms in total. The number of anilines is 1. The minimum absolute atomic E-state index is 0.240. The number of carbonyl (C=O) groups is 3. The summed E-state index contributed by atoms with van der Waals surface area (Å²) < 4.78 is 6.83. The molecule has 2 aromatic heterocycles. The van der Waals surface area contributed by atoms with Crippen molar-refractivity contribution in [1.82, 2.24) is 15.1 Å². The fourth-order valence-electron chi connectivity index (χ4n) is 3.35. The zero-order chi connectivity index (χ0) is 24.8. The van der Waals surface area contributed by atoms with Gasteiger partial charge in [0.05, 0.1) is 17.1 Å². The normalized spacial score (nSPS) is 10.6. The number of rotatable bonds is 8. The SMILES string of the molecule is Cc1cccc(NC(=O)CNC(=O)COC(=O)c2cn(-c3ccccc3)nc2-c2cccs2)c1C. The fourth-order valence-corrected chi connectivity index (χ4v) is 4.07. The largest absolute Gasteiger partial charge is 0.452 e. The van der Waals surface area contributed by atoms with Crippen molar-refractivity contribution in [3.63, 3.8) is 0 Å². The van der Waals surface area contributed by atoms with Crippen LogP contribution in [0.5, 0.6) is 0 Å². The third kappa shape index (κ3) is 5.82. The summed E-state index contributed by atoms with van der Waals surface area (Å²) in [6, 6.07) is 18.7. The summed E-state index contributed by atoms with van der Waals surface area (Å²) in [4.78, 5) is 38.1. The second-order valence-electron chi connectivity index (χ2n) is 7.80. The van der Waals surface area contributed by atoms with Crippen molar-refractivity contribution in [1.29, 1.82) is 0 Å². The van der Waals surface area contributed by atoms with Crippen LogP contribution >= 0.6 is 11.3 Å². The number of benzene rings is 2. The third-order valence-corrected chi connectivity index (χ3v) is 6.25. The van der Waals surface area contributed by atoms with Gasteiger partial charge in [-0.05, 0) is 54.6 Å². The first-order valence-electron chi connectivity index (χ1n) is 10.9. The monoisotopic (exact) mass is 488 g/mol. The summed E-state index contributed by atoms with van der Waals surface area (Å²) in [7, 11) is 0. The molecule has 4 aromatic rings. The first kappa shape index (κ1) is 23.9. The van der Waals surface area contributed by atoms with Crippen LogP contribution in [-0.4, -0.2) is 40.7 Å². The van der Waals surface area contributed by atoms with E-state index in [0.29, 0.717) is 11.4 Å². The number of nitrogens with zero attached hydrogens (tertiary/aromatic N) is 2. The Balaban J connectivity index is 1.36. The number of esters is 1. The molecule has 35 heavy (non-hydrogen) atoms. The van der Waals surface area contributed by atoms with Gasteiger partial charge in [-0.25, -0.2) is 9.48 Å². The number of aryl methyl sites for hydroxylation is 1. The lowest BCUT2D eigenvalue weighted by molar-refractivity contribution is -0.126. The third-order valence-electron chi connectivity index (χ3n) is 5.37. The first-order valence-corrected chi connectivity index (χ1v) is 11.8. The highest BCUT2D eigenvalue weighted by Gasteiger charge is 2.21. The van der Waals surface area contributed by atoms with Gasteiger partial charge in [-0.3, -0.25) is 9.59 Å². The van der Waals surface area contributed by atoms with E-state index in [1.165, 1.54) is 11.3 Å². The molecule has 0 saturated heterocycles. The Hall–Kier alpha value is -4.24. The minimum atomic E-state index is -0.675. The minimum Gasteiger partial charge on any atom is -0.452 e. The maximum atomic E-state index is 12.8. The van der Waals surface area contributed by atoms with Gasteiger partial charge < -0.3 is 15.4 Å². The van der Waals surface area contributed by atoms with E-state index in [9.17, 15) is 14.4 Å². The number of aromatic nitrogens is 2. The van der Waals surface area contributed by atoms with Crippen LogP contribution in [0.15, 0.2) is 72.2 Å². The average Bonchev–Trinajstić information content (AvgIpc) is 3.55. The number of nitrogens with one attached hydrogen (secondary N) is 2. The lowest BCUT2D eigenvalue weighted by Crippen LogP contribution is -2.35. The number of ether oxygens (including phenoxy) is 1. The summed E-state index contributed by atoms with van der Waals surface area (Å²) in [5.41, 5.74) is 4.21. The lowest BCUT2D eigenvalue weighted by atomic mass is 10.1. The molecule has 0 bridgehead atoms. The van der Waals surface area contributed by atoms with E-state index in [1.807, 2.05) is 73.8 Å². The Morgan fingerprint density at radius 1 is 0.971 bits per heavy atom. The molecule has 9 heteroatoms. The molecule has 0 unspecified atom stereocenters. The van der Waals surface area contributed by atoms with Gasteiger partial charge in [0.1, 0.15) is 11.3 Å². The highest BCUT2D eigenvalue weighted by molar-refractivity contribution is 7.13. The second kappa shape index (κ2) is 10.8. The van der Waals surface area contributed by atoms with E-state index in [1.54, 1.807) is 16.9 Å². The molecule has 0 aliphatic carbocycles. The quantitative estimate of drug-likeness (QED) is 0.363. The van der Waals surface area contributed by atoms with Gasteiger partial charge in [-0.1, -0.05) is 36.4 Å². The average molecular weight is 489 g/mol. The van der Waals surface area contributed by atoms with E-state index in [0.717, 1.165) is 21.7 Å². The van der Waals surface area contributed by atoms with Crippen LogP contribution in [-0.2, 0) is 14.3 Å². The van der Waals surface area contributed by atoms with Crippen LogP contribution in [0.2, 0.25) is 0 Å². The van der Waals surface area contributed by atoms with E-state index in [2.05, 4.69) is 15.7 Å². The molecule has 4 rings (SSSR count). The van der Waals surface area contributed by atoms with Crippen LogP contribution in [0.3, 0.4) is 0 Å². The first-order chi connectivity index (χ1) is 16.9. The van der Waals surface area contributed by atoms with Crippen molar-refractivity contribution in [3.05, 3.63) is 88.9 Å². The number of hydrogen-bond donors (Lipinski definition) is 2. The van der Waals surface area contributed by atoms with Crippen molar-refractivity contribution >= 4 is 34.8 Å². The molecule has 2 heterocycles. The topological polar surface area (TPSA) is 102 Å². The Morgan fingerprint density at radius 2 is 1.77 bits per heavy atom. The standard InChI is InChI=1S/C26H24N4O4S/c1-17-8-6-11-21(18(17)2)28-23(31)14-27-24(32)16-34-26(33)20-15-30(19-9-4-3-5-10-19)29-25(20)22-12-7-13-35-22/h3-13,15H,14,16H2,1-2H3,(H,27,32)(H,28,31). The van der Waals surface area contributed by atoms with E-state index < -0.39 is 18.5 Å². The van der Waals surface area contributed by atoms with Crippen molar-refractivity contribution in [2.24, 2.45) is 0 Å². The molecular weight excluding hydrogens is 464 g/mol. The number of amides is 2. The molecule has 178 valence electrons. The Labute approximate surface area is 206 Å². The summed E-state index contributed by atoms with van der Waals surface area (Å²) in [5.74, 6) is -1.63. The predicted octanol–water partition coefficient (Wildman–Crippen LogP) is 4.13. The predicted molar refractivity (Wildman–Crippen MR) is 135 cm³/mol. The van der Waals surface area contributed by atoms with Gasteiger partial charge in [-0.15, -0.1) is 11.3 Å². The zero-order valence-corrected chi connectivity index (χ0v) is 20.1. The van der Waals surface area contributed by atoms with Crippen molar-refractivity contribution in [2.45, 2.75) is 13.8 Å². The van der Waals surface area contributed by atoms with Gasteiger partial charge in [0.15, 0.2) is 6.61 Å². The van der Waals surface area contributed by atoms with Crippen LogP contribution in [0, 0.1) is 13.8 Å². The molecule has 2 amide bonds. The van der Waals surface area contributed by atoms with Gasteiger partial charge in [0.2, 0.25) is 5.91 Å². The number of carbonyl (C=O) groups excluding carboxylic acids is 3. The molecule has 0 saturated carbocycles. The van der Waals surface area contributed by atoms with Crippen LogP contribution < -0.4 is 10.6 Å². The highest BCUT2D eigenvalue weighted by atomic mass is 32.1. The molecule has 0 aliphatic rings. The van der Waals surface area contributed by atoms with E-state index in [4.69, 9.17) is 4.74 Å². The Bertz CT molecular complexity index is 1350. The second-order valence-corrected chi connectivity index (χ2v) is 8.75. The molecule has 2 N–H and O–H groups in total. The number of para-hydroxylation sites is 1. The van der Waals surface area contributed by atoms with Crippen LogP contribution in [0.25, 0.3) is 16.3 Å². The summed E-state index contributed by atoms with van der Waals surface area (Å²) >= 11 is 1.45. The van der Waals surface area contributed by atoms with Gasteiger partial charge in [-0.2, -0.15) is 5.10 Å². The lowest BCUT2D eigenvalue weighted by Gasteiger charge is -2.11.